The van der Waals surface area contributed by atoms with E-state index in [0.717, 1.165) is 32.7 Å². The number of hydrogen-bond donors (Lipinski definition) is 0. The number of hydrogen-bond acceptors (Lipinski definition) is 4. The van der Waals surface area contributed by atoms with E-state index >= 15 is 0 Å². The molecule has 0 aromatic carbocycles. The van der Waals surface area contributed by atoms with Gasteiger partial charge in [-0.3, -0.25) is 4.79 Å². The van der Waals surface area contributed by atoms with Crippen molar-refractivity contribution in [1.82, 2.24) is 9.80 Å². The minimum Gasteiger partial charge on any atom is -0.377 e. The summed E-state index contributed by atoms with van der Waals surface area (Å²) in [6, 6.07) is 0. The molecule has 5 heteroatoms. The first-order chi connectivity index (χ1) is 10.2. The Kier molecular flexibility index (Phi) is 4.82. The molecule has 5 nitrogen and oxygen atoms in total. The predicted molar refractivity (Wildman–Crippen MR) is 80.2 cm³/mol. The highest BCUT2D eigenvalue weighted by atomic mass is 16.5. The number of carbonyl (C=O) groups excluding carboxylic acids is 1. The van der Waals surface area contributed by atoms with Gasteiger partial charge in [-0.2, -0.15) is 0 Å². The van der Waals surface area contributed by atoms with Crippen LogP contribution in [0.5, 0.6) is 0 Å². The lowest BCUT2D eigenvalue weighted by Crippen LogP contribution is -2.59. The topological polar surface area (TPSA) is 42.0 Å². The minimum absolute atomic E-state index is 0.316. The van der Waals surface area contributed by atoms with Crippen molar-refractivity contribution in [2.45, 2.75) is 37.7 Å². The molecular weight excluding hydrogens is 268 g/mol. The summed E-state index contributed by atoms with van der Waals surface area (Å²) in [6.07, 6.45) is 5.78. The summed E-state index contributed by atoms with van der Waals surface area (Å²) in [7, 11) is 2.10. The lowest BCUT2D eigenvalue weighted by Gasteiger charge is -2.43. The lowest BCUT2D eigenvalue weighted by molar-refractivity contribution is -0.161. The fourth-order valence-electron chi connectivity index (χ4n) is 3.93. The number of ether oxygens (including phenoxy) is 2. The molecule has 3 rings (SSSR count). The van der Waals surface area contributed by atoms with Crippen LogP contribution >= 0.6 is 0 Å². The first kappa shape index (κ1) is 15.3. The average Bonchev–Trinajstić information content (AvgIpc) is 2.90. The maximum atomic E-state index is 12.6. The molecule has 2 saturated heterocycles. The summed E-state index contributed by atoms with van der Waals surface area (Å²) in [6.45, 7) is 5.18. The quantitative estimate of drug-likeness (QED) is 0.766. The van der Waals surface area contributed by atoms with E-state index in [9.17, 15) is 4.79 Å². The molecule has 3 aliphatic rings. The van der Waals surface area contributed by atoms with Crippen LogP contribution in [-0.4, -0.2) is 74.4 Å². The molecule has 1 aliphatic carbocycles. The van der Waals surface area contributed by atoms with E-state index in [2.05, 4.69) is 11.9 Å². The van der Waals surface area contributed by atoms with Gasteiger partial charge in [0.1, 0.15) is 5.60 Å². The van der Waals surface area contributed by atoms with Crippen molar-refractivity contribution in [1.29, 1.82) is 0 Å². The number of amides is 1. The van der Waals surface area contributed by atoms with Gasteiger partial charge in [-0.05, 0) is 25.8 Å². The summed E-state index contributed by atoms with van der Waals surface area (Å²) in [4.78, 5) is 16.8. The van der Waals surface area contributed by atoms with Crippen LogP contribution in [0.15, 0.2) is 0 Å². The van der Waals surface area contributed by atoms with E-state index in [-0.39, 0.29) is 5.60 Å². The van der Waals surface area contributed by atoms with Gasteiger partial charge < -0.3 is 19.3 Å². The van der Waals surface area contributed by atoms with Crippen LogP contribution in [0.4, 0.5) is 0 Å². The minimum atomic E-state index is -0.325. The highest BCUT2D eigenvalue weighted by molar-refractivity contribution is 5.76. The monoisotopic (exact) mass is 296 g/mol. The molecule has 0 bridgehead atoms. The van der Waals surface area contributed by atoms with Crippen LogP contribution in [0, 0.1) is 5.92 Å². The predicted octanol–water partition coefficient (Wildman–Crippen LogP) is 1.13. The highest BCUT2D eigenvalue weighted by Crippen LogP contribution is 2.29. The van der Waals surface area contributed by atoms with Crippen LogP contribution in [0.1, 0.15) is 32.1 Å². The van der Waals surface area contributed by atoms with Crippen molar-refractivity contribution in [3.05, 3.63) is 0 Å². The van der Waals surface area contributed by atoms with Gasteiger partial charge in [0.15, 0.2) is 0 Å². The summed E-state index contributed by atoms with van der Waals surface area (Å²) >= 11 is 0. The Labute approximate surface area is 127 Å². The molecule has 1 spiro atoms. The zero-order valence-electron chi connectivity index (χ0n) is 13.2. The maximum Gasteiger partial charge on any atom is 0.223 e. The molecule has 0 aromatic rings. The van der Waals surface area contributed by atoms with Crippen molar-refractivity contribution in [2.75, 3.05) is 53.0 Å². The molecule has 2 aliphatic heterocycles. The first-order valence-corrected chi connectivity index (χ1v) is 8.35. The molecule has 120 valence electrons. The fraction of sp³-hybridized carbons (Fsp3) is 0.938. The van der Waals surface area contributed by atoms with E-state index in [0.29, 0.717) is 31.6 Å². The fourth-order valence-corrected chi connectivity index (χ4v) is 3.93. The number of nitrogens with zero attached hydrogens (tertiary/aromatic N) is 2. The summed E-state index contributed by atoms with van der Waals surface area (Å²) < 4.78 is 11.8. The van der Waals surface area contributed by atoms with E-state index < -0.39 is 0 Å². The number of carbonyl (C=O) groups is 1. The number of rotatable bonds is 2. The second-order valence-corrected chi connectivity index (χ2v) is 6.99. The number of morpholine rings is 1. The summed E-state index contributed by atoms with van der Waals surface area (Å²) in [5, 5.41) is 0. The van der Waals surface area contributed by atoms with Gasteiger partial charge in [-0.15, -0.1) is 0 Å². The largest absolute Gasteiger partial charge is 0.377 e. The van der Waals surface area contributed by atoms with Gasteiger partial charge >= 0.3 is 0 Å². The molecule has 1 unspecified atom stereocenters. The molecule has 0 aromatic heterocycles. The van der Waals surface area contributed by atoms with Crippen molar-refractivity contribution >= 4 is 5.91 Å². The van der Waals surface area contributed by atoms with Crippen molar-refractivity contribution < 1.29 is 14.3 Å². The van der Waals surface area contributed by atoms with Crippen LogP contribution in [0.25, 0.3) is 0 Å². The second-order valence-electron chi connectivity index (χ2n) is 6.99. The molecule has 1 saturated carbocycles. The molecule has 3 fully saturated rings. The molecule has 0 radical (unpaired) electrons. The SMILES string of the molecule is CN1CCOCC2(C1)CN(C(=O)CC1CCCC1)CCO2. The summed E-state index contributed by atoms with van der Waals surface area (Å²) in [5.41, 5.74) is -0.325. The Morgan fingerprint density at radius 2 is 2.00 bits per heavy atom. The van der Waals surface area contributed by atoms with E-state index in [1.165, 1.54) is 25.7 Å². The van der Waals surface area contributed by atoms with Crippen LogP contribution in [0.3, 0.4) is 0 Å². The van der Waals surface area contributed by atoms with Crippen LogP contribution < -0.4 is 0 Å². The average molecular weight is 296 g/mol. The molecule has 1 atom stereocenters. The third-order valence-corrected chi connectivity index (χ3v) is 5.08. The lowest BCUT2D eigenvalue weighted by atomic mass is 9.99. The molecule has 1 amide bonds. The molecule has 2 heterocycles. The van der Waals surface area contributed by atoms with E-state index in [4.69, 9.17) is 9.47 Å². The van der Waals surface area contributed by atoms with Crippen molar-refractivity contribution in [3.63, 3.8) is 0 Å². The highest BCUT2D eigenvalue weighted by Gasteiger charge is 2.41. The third kappa shape index (κ3) is 3.76. The Morgan fingerprint density at radius 3 is 2.81 bits per heavy atom. The summed E-state index contributed by atoms with van der Waals surface area (Å²) in [5.74, 6) is 0.931. The maximum absolute atomic E-state index is 12.6. The standard InChI is InChI=1S/C16H28N2O3/c1-17-6-8-20-13-16(11-17)12-18(7-9-21-16)15(19)10-14-4-2-3-5-14/h14H,2-13H2,1H3. The Balaban J connectivity index is 1.60. The van der Waals surface area contributed by atoms with Crippen molar-refractivity contribution in [3.8, 4) is 0 Å². The Morgan fingerprint density at radius 1 is 1.19 bits per heavy atom. The van der Waals surface area contributed by atoms with Gasteiger partial charge in [0.25, 0.3) is 0 Å². The third-order valence-electron chi connectivity index (χ3n) is 5.08. The smallest absolute Gasteiger partial charge is 0.223 e. The molecule has 21 heavy (non-hydrogen) atoms. The van der Waals surface area contributed by atoms with Crippen LogP contribution in [0.2, 0.25) is 0 Å². The van der Waals surface area contributed by atoms with Crippen LogP contribution in [-0.2, 0) is 14.3 Å². The second kappa shape index (κ2) is 6.63. The Bertz CT molecular complexity index is 371. The van der Waals surface area contributed by atoms with Gasteiger partial charge in [-0.25, -0.2) is 0 Å². The number of likely N-dealkylation sites (N-methyl/N-ethyl adjacent to an activating group) is 1. The van der Waals surface area contributed by atoms with Gasteiger partial charge in [0.2, 0.25) is 5.91 Å². The normalized spacial score (nSPS) is 32.5. The van der Waals surface area contributed by atoms with E-state index in [1.807, 2.05) is 4.90 Å². The van der Waals surface area contributed by atoms with Gasteiger partial charge in [0, 0.05) is 26.1 Å². The Hall–Kier alpha value is -0.650. The van der Waals surface area contributed by atoms with Crippen molar-refractivity contribution in [2.24, 2.45) is 5.92 Å². The zero-order valence-corrected chi connectivity index (χ0v) is 13.2. The van der Waals surface area contributed by atoms with Gasteiger partial charge in [0.05, 0.1) is 26.4 Å². The zero-order chi connectivity index (χ0) is 14.7. The van der Waals surface area contributed by atoms with Gasteiger partial charge in [-0.1, -0.05) is 12.8 Å². The first-order valence-electron chi connectivity index (χ1n) is 8.35. The molecule has 0 N–H and O–H groups in total. The van der Waals surface area contributed by atoms with E-state index in [1.54, 1.807) is 0 Å². The molecular formula is C16H28N2O3.